The zero-order valence-electron chi connectivity index (χ0n) is 18.6. The number of fused-ring (bicyclic) bond motifs is 1. The minimum Gasteiger partial charge on any atom is -0.378 e. The van der Waals surface area contributed by atoms with E-state index in [-0.39, 0.29) is 16.8 Å². The van der Waals surface area contributed by atoms with E-state index in [4.69, 9.17) is 0 Å². The molecular weight excluding hydrogens is 445 g/mol. The molecule has 1 amide bonds. The molecule has 174 valence electrons. The maximum Gasteiger partial charge on any atom is 0.418 e. The molecule has 0 atom stereocenters. The molecule has 3 aromatic carbocycles. The standard InChI is InChI=1S/C25H21F3N4O2/c1-15-29-21-7-5-4-6-19(21)24(34)32(15)17-10-8-16(9-11-17)23(33)30-22-13-12-18(31(2)3)14-20(22)25(26,27)28/h4-14H,1-3H3,(H,30,33). The molecule has 34 heavy (non-hydrogen) atoms. The van der Waals surface area contributed by atoms with Crippen LogP contribution in [-0.2, 0) is 6.18 Å². The zero-order valence-corrected chi connectivity index (χ0v) is 18.6. The van der Waals surface area contributed by atoms with Gasteiger partial charge in [0.05, 0.1) is 27.8 Å². The van der Waals surface area contributed by atoms with Crippen LogP contribution in [0.2, 0.25) is 0 Å². The minimum absolute atomic E-state index is 0.146. The summed E-state index contributed by atoms with van der Waals surface area (Å²) >= 11 is 0. The molecule has 0 saturated heterocycles. The molecule has 0 unspecified atom stereocenters. The van der Waals surface area contributed by atoms with Crippen LogP contribution in [-0.4, -0.2) is 29.6 Å². The lowest BCUT2D eigenvalue weighted by Gasteiger charge is -2.19. The number of anilines is 2. The molecule has 0 aliphatic heterocycles. The van der Waals surface area contributed by atoms with E-state index in [2.05, 4.69) is 10.3 Å². The van der Waals surface area contributed by atoms with E-state index in [0.717, 1.165) is 6.07 Å². The number of rotatable bonds is 4. The molecule has 0 saturated carbocycles. The van der Waals surface area contributed by atoms with Gasteiger partial charge in [-0.05, 0) is 61.5 Å². The summed E-state index contributed by atoms with van der Waals surface area (Å²) < 4.78 is 42.1. The molecule has 0 spiro atoms. The fourth-order valence-electron chi connectivity index (χ4n) is 3.66. The summed E-state index contributed by atoms with van der Waals surface area (Å²) in [6.07, 6.45) is -4.64. The van der Waals surface area contributed by atoms with Crippen molar-refractivity contribution >= 4 is 28.2 Å². The number of para-hydroxylation sites is 1. The highest BCUT2D eigenvalue weighted by molar-refractivity contribution is 6.05. The van der Waals surface area contributed by atoms with Gasteiger partial charge in [-0.1, -0.05) is 12.1 Å². The molecular formula is C25H21F3N4O2. The first kappa shape index (κ1) is 23.0. The van der Waals surface area contributed by atoms with Crippen LogP contribution in [0.4, 0.5) is 24.5 Å². The van der Waals surface area contributed by atoms with Gasteiger partial charge < -0.3 is 10.2 Å². The Bertz CT molecular complexity index is 1440. The fraction of sp³-hybridized carbons (Fsp3) is 0.160. The molecule has 4 aromatic rings. The Morgan fingerprint density at radius 1 is 1.00 bits per heavy atom. The summed E-state index contributed by atoms with van der Waals surface area (Å²) in [4.78, 5) is 31.6. The Kier molecular flexibility index (Phi) is 5.87. The van der Waals surface area contributed by atoms with Crippen LogP contribution < -0.4 is 15.8 Å². The lowest BCUT2D eigenvalue weighted by molar-refractivity contribution is -0.136. The van der Waals surface area contributed by atoms with Crippen LogP contribution in [0.15, 0.2) is 71.5 Å². The average molecular weight is 466 g/mol. The molecule has 0 aliphatic rings. The topological polar surface area (TPSA) is 67.2 Å². The summed E-state index contributed by atoms with van der Waals surface area (Å²) in [7, 11) is 3.26. The van der Waals surface area contributed by atoms with Crippen LogP contribution in [0.3, 0.4) is 0 Å². The summed E-state index contributed by atoms with van der Waals surface area (Å²) in [5.74, 6) is -0.230. The van der Waals surface area contributed by atoms with E-state index in [1.54, 1.807) is 62.3 Å². The van der Waals surface area contributed by atoms with Crippen LogP contribution in [0.5, 0.6) is 0 Å². The molecule has 1 aromatic heterocycles. The predicted octanol–water partition coefficient (Wildman–Crippen LogP) is 5.03. The normalized spacial score (nSPS) is 11.5. The SMILES string of the molecule is Cc1nc2ccccc2c(=O)n1-c1ccc(C(=O)Nc2ccc(N(C)C)cc2C(F)(F)F)cc1. The number of aromatic nitrogens is 2. The third kappa shape index (κ3) is 4.36. The van der Waals surface area contributed by atoms with Crippen LogP contribution >= 0.6 is 0 Å². The van der Waals surface area contributed by atoms with Crippen molar-refractivity contribution in [1.82, 2.24) is 9.55 Å². The summed E-state index contributed by atoms with van der Waals surface area (Å²) in [6.45, 7) is 1.70. The average Bonchev–Trinajstić information content (AvgIpc) is 2.79. The predicted molar refractivity (Wildman–Crippen MR) is 126 cm³/mol. The molecule has 6 nitrogen and oxygen atoms in total. The zero-order chi connectivity index (χ0) is 24.6. The number of hydrogen-bond acceptors (Lipinski definition) is 4. The van der Waals surface area contributed by atoms with Crippen molar-refractivity contribution in [2.24, 2.45) is 0 Å². The molecule has 0 bridgehead atoms. The lowest BCUT2D eigenvalue weighted by Crippen LogP contribution is -2.22. The highest BCUT2D eigenvalue weighted by Crippen LogP contribution is 2.37. The van der Waals surface area contributed by atoms with Gasteiger partial charge in [0.15, 0.2) is 0 Å². The Balaban J connectivity index is 1.65. The highest BCUT2D eigenvalue weighted by atomic mass is 19.4. The Morgan fingerprint density at radius 2 is 1.68 bits per heavy atom. The van der Waals surface area contributed by atoms with Gasteiger partial charge in [0.2, 0.25) is 0 Å². The van der Waals surface area contributed by atoms with Crippen molar-refractivity contribution in [1.29, 1.82) is 0 Å². The van der Waals surface area contributed by atoms with Crippen molar-refractivity contribution in [2.45, 2.75) is 13.1 Å². The van der Waals surface area contributed by atoms with Crippen molar-refractivity contribution < 1.29 is 18.0 Å². The molecule has 9 heteroatoms. The largest absolute Gasteiger partial charge is 0.418 e. The third-order valence-electron chi connectivity index (χ3n) is 5.40. The number of nitrogens with one attached hydrogen (secondary N) is 1. The van der Waals surface area contributed by atoms with E-state index >= 15 is 0 Å². The number of halogens is 3. The van der Waals surface area contributed by atoms with Crippen LogP contribution in [0, 0.1) is 6.92 Å². The molecule has 0 aliphatic carbocycles. The third-order valence-corrected chi connectivity index (χ3v) is 5.40. The quantitative estimate of drug-likeness (QED) is 0.458. The van der Waals surface area contributed by atoms with Gasteiger partial charge in [-0.25, -0.2) is 4.98 Å². The number of benzene rings is 3. The maximum absolute atomic E-state index is 13.6. The van der Waals surface area contributed by atoms with E-state index in [0.29, 0.717) is 28.1 Å². The first-order chi connectivity index (χ1) is 16.1. The van der Waals surface area contributed by atoms with Crippen molar-refractivity contribution in [3.05, 3.63) is 94.0 Å². The van der Waals surface area contributed by atoms with Crippen molar-refractivity contribution in [3.63, 3.8) is 0 Å². The number of carbonyl (C=O) groups excluding carboxylic acids is 1. The Hall–Kier alpha value is -4.14. The van der Waals surface area contributed by atoms with Gasteiger partial charge in [0.1, 0.15) is 5.82 Å². The highest BCUT2D eigenvalue weighted by Gasteiger charge is 2.34. The van der Waals surface area contributed by atoms with E-state index in [9.17, 15) is 22.8 Å². The van der Waals surface area contributed by atoms with E-state index in [1.165, 1.54) is 28.8 Å². The van der Waals surface area contributed by atoms with Gasteiger partial charge in [-0.2, -0.15) is 13.2 Å². The van der Waals surface area contributed by atoms with E-state index in [1.807, 2.05) is 0 Å². The Morgan fingerprint density at radius 3 is 2.32 bits per heavy atom. The van der Waals surface area contributed by atoms with E-state index < -0.39 is 17.6 Å². The number of hydrogen-bond donors (Lipinski definition) is 1. The first-order valence-electron chi connectivity index (χ1n) is 10.3. The molecule has 1 N–H and O–H groups in total. The Labute approximate surface area is 193 Å². The lowest BCUT2D eigenvalue weighted by atomic mass is 10.1. The second-order valence-electron chi connectivity index (χ2n) is 7.94. The number of carbonyl (C=O) groups is 1. The molecule has 4 rings (SSSR count). The maximum atomic E-state index is 13.6. The number of aryl methyl sites for hydroxylation is 1. The first-order valence-corrected chi connectivity index (χ1v) is 10.3. The smallest absolute Gasteiger partial charge is 0.378 e. The fourth-order valence-corrected chi connectivity index (χ4v) is 3.66. The summed E-state index contributed by atoms with van der Waals surface area (Å²) in [5.41, 5.74) is 0.0521. The number of nitrogens with zero attached hydrogens (tertiary/aromatic N) is 3. The van der Waals surface area contributed by atoms with Crippen molar-refractivity contribution in [2.75, 3.05) is 24.3 Å². The van der Waals surface area contributed by atoms with Crippen LogP contribution in [0.25, 0.3) is 16.6 Å². The molecule has 0 radical (unpaired) electrons. The van der Waals surface area contributed by atoms with Gasteiger partial charge in [0, 0.05) is 25.3 Å². The number of alkyl halides is 3. The second-order valence-corrected chi connectivity index (χ2v) is 7.94. The van der Waals surface area contributed by atoms with Gasteiger partial charge >= 0.3 is 6.18 Å². The summed E-state index contributed by atoms with van der Waals surface area (Å²) in [5, 5.41) is 2.80. The van der Waals surface area contributed by atoms with Gasteiger partial charge in [-0.3, -0.25) is 14.2 Å². The summed E-state index contributed by atoms with van der Waals surface area (Å²) in [6, 6.07) is 16.7. The number of amides is 1. The van der Waals surface area contributed by atoms with Crippen molar-refractivity contribution in [3.8, 4) is 5.69 Å². The van der Waals surface area contributed by atoms with Crippen LogP contribution in [0.1, 0.15) is 21.7 Å². The monoisotopic (exact) mass is 466 g/mol. The second kappa shape index (κ2) is 8.66. The van der Waals surface area contributed by atoms with Gasteiger partial charge in [-0.15, -0.1) is 0 Å². The minimum atomic E-state index is -4.64. The molecule has 0 fully saturated rings. The molecule has 1 heterocycles. The van der Waals surface area contributed by atoms with Gasteiger partial charge in [0.25, 0.3) is 11.5 Å².